The Hall–Kier alpha value is -4.14. The normalized spacial score (nSPS) is 11.5. The van der Waals surface area contributed by atoms with Crippen molar-refractivity contribution in [3.05, 3.63) is 82.6 Å². The van der Waals surface area contributed by atoms with Crippen molar-refractivity contribution in [1.29, 1.82) is 0 Å². The van der Waals surface area contributed by atoms with Crippen molar-refractivity contribution in [3.63, 3.8) is 0 Å². The number of aryl methyl sites for hydroxylation is 1. The number of hydrogen-bond acceptors (Lipinski definition) is 7. The predicted molar refractivity (Wildman–Crippen MR) is 122 cm³/mol. The van der Waals surface area contributed by atoms with Crippen LogP contribution in [0.15, 0.2) is 53.1 Å². The number of rotatable bonds is 10. The number of esters is 2. The molecule has 0 aliphatic heterocycles. The first-order valence-corrected chi connectivity index (χ1v) is 10.8. The second-order valence-electron chi connectivity index (χ2n) is 7.57. The Kier molecular flexibility index (Phi) is 8.02. The monoisotopic (exact) mass is 466 g/mol. The number of hydrogen-bond donors (Lipinski definition) is 2. The highest BCUT2D eigenvalue weighted by atomic mass is 16.5. The molecule has 3 aromatic rings. The van der Waals surface area contributed by atoms with Crippen LogP contribution in [0.5, 0.6) is 0 Å². The van der Waals surface area contributed by atoms with E-state index < -0.39 is 36.3 Å². The lowest BCUT2D eigenvalue weighted by atomic mass is 10.1. The van der Waals surface area contributed by atoms with Gasteiger partial charge >= 0.3 is 11.9 Å². The third-order valence-corrected chi connectivity index (χ3v) is 5.16. The van der Waals surface area contributed by atoms with Crippen LogP contribution in [0.1, 0.15) is 55.1 Å². The molecule has 0 saturated carbocycles. The highest BCUT2D eigenvalue weighted by Gasteiger charge is 2.27. The molecule has 0 unspecified atom stereocenters. The van der Waals surface area contributed by atoms with Crippen molar-refractivity contribution < 1.29 is 33.1 Å². The number of Topliss-reactive ketones (excluding diaryl/α,β-unsaturated/α-hetero) is 1. The molecule has 0 spiro atoms. The number of nitrogens with one attached hydrogen (secondary N) is 2. The van der Waals surface area contributed by atoms with E-state index in [0.717, 1.165) is 5.56 Å². The molecule has 2 heterocycles. The molecule has 0 radical (unpaired) electrons. The van der Waals surface area contributed by atoms with E-state index in [2.05, 4.69) is 10.3 Å². The fourth-order valence-electron chi connectivity index (χ4n) is 3.53. The summed E-state index contributed by atoms with van der Waals surface area (Å²) in [5, 5.41) is 2.60. The van der Waals surface area contributed by atoms with Crippen LogP contribution in [-0.2, 0) is 20.7 Å². The van der Waals surface area contributed by atoms with Crippen LogP contribution in [0.2, 0.25) is 0 Å². The Balaban J connectivity index is 1.71. The average Bonchev–Trinajstić information content (AvgIpc) is 3.46. The van der Waals surface area contributed by atoms with Gasteiger partial charge in [0, 0.05) is 12.1 Å². The topological polar surface area (TPSA) is 128 Å². The molecular weight excluding hydrogens is 440 g/mol. The van der Waals surface area contributed by atoms with E-state index in [4.69, 9.17) is 13.9 Å². The predicted octanol–water partition coefficient (Wildman–Crippen LogP) is 3.17. The van der Waals surface area contributed by atoms with Gasteiger partial charge in [0.25, 0.3) is 5.91 Å². The van der Waals surface area contributed by atoms with E-state index in [1.54, 1.807) is 26.8 Å². The summed E-state index contributed by atoms with van der Waals surface area (Å²) in [6.07, 6.45) is 1.51. The van der Waals surface area contributed by atoms with E-state index in [0.29, 0.717) is 11.3 Å². The quantitative estimate of drug-likeness (QED) is 0.347. The highest BCUT2D eigenvalue weighted by molar-refractivity contribution is 6.03. The summed E-state index contributed by atoms with van der Waals surface area (Å²) < 4.78 is 15.4. The molecule has 3 rings (SSSR count). The summed E-state index contributed by atoms with van der Waals surface area (Å²) in [6, 6.07) is 11.1. The van der Waals surface area contributed by atoms with Crippen molar-refractivity contribution in [2.45, 2.75) is 33.2 Å². The second kappa shape index (κ2) is 11.1. The molecule has 0 aliphatic rings. The van der Waals surface area contributed by atoms with Gasteiger partial charge in [-0.05, 0) is 44.0 Å². The van der Waals surface area contributed by atoms with Crippen molar-refractivity contribution in [3.8, 4) is 0 Å². The number of aromatic amines is 1. The van der Waals surface area contributed by atoms with Gasteiger partial charge < -0.3 is 24.2 Å². The van der Waals surface area contributed by atoms with E-state index in [1.807, 2.05) is 30.3 Å². The zero-order chi connectivity index (χ0) is 24.7. The lowest BCUT2D eigenvalue weighted by Crippen LogP contribution is -2.43. The van der Waals surface area contributed by atoms with Crippen LogP contribution in [0, 0.1) is 13.8 Å². The maximum atomic E-state index is 12.8. The molecule has 1 atom stereocenters. The number of carbonyl (C=O) groups is 4. The second-order valence-corrected chi connectivity index (χ2v) is 7.57. The van der Waals surface area contributed by atoms with Crippen molar-refractivity contribution in [1.82, 2.24) is 10.3 Å². The summed E-state index contributed by atoms with van der Waals surface area (Å²) in [4.78, 5) is 53.1. The van der Waals surface area contributed by atoms with Crippen LogP contribution in [-0.4, -0.2) is 47.9 Å². The molecule has 0 fully saturated rings. The first kappa shape index (κ1) is 24.5. The molecule has 9 heteroatoms. The van der Waals surface area contributed by atoms with Crippen molar-refractivity contribution in [2.75, 3.05) is 13.2 Å². The summed E-state index contributed by atoms with van der Waals surface area (Å²) in [7, 11) is 0. The number of benzene rings is 1. The highest BCUT2D eigenvalue weighted by Crippen LogP contribution is 2.20. The number of H-pyrrole nitrogens is 1. The Morgan fingerprint density at radius 1 is 1.03 bits per heavy atom. The minimum absolute atomic E-state index is 0.0471. The molecule has 0 bridgehead atoms. The third kappa shape index (κ3) is 5.80. The smallest absolute Gasteiger partial charge is 0.340 e. The molecule has 178 valence electrons. The molecule has 2 aromatic heterocycles. The number of aromatic nitrogens is 1. The number of ketones is 1. The van der Waals surface area contributed by atoms with Gasteiger partial charge in [-0.2, -0.15) is 0 Å². The lowest BCUT2D eigenvalue weighted by Gasteiger charge is -2.17. The van der Waals surface area contributed by atoms with Crippen LogP contribution >= 0.6 is 0 Å². The Morgan fingerprint density at radius 2 is 1.76 bits per heavy atom. The molecule has 1 aromatic carbocycles. The number of amides is 1. The van der Waals surface area contributed by atoms with E-state index in [-0.39, 0.29) is 30.0 Å². The first-order chi connectivity index (χ1) is 16.3. The molecule has 9 nitrogen and oxygen atoms in total. The summed E-state index contributed by atoms with van der Waals surface area (Å²) in [5.41, 5.74) is 2.14. The number of furan rings is 1. The fraction of sp³-hybridized carbons (Fsp3) is 0.280. The molecule has 1 amide bonds. The maximum Gasteiger partial charge on any atom is 0.340 e. The van der Waals surface area contributed by atoms with Gasteiger partial charge in [0.1, 0.15) is 6.04 Å². The Bertz CT molecular complexity index is 1160. The first-order valence-electron chi connectivity index (χ1n) is 10.8. The zero-order valence-corrected chi connectivity index (χ0v) is 19.2. The minimum atomic E-state index is -1.05. The van der Waals surface area contributed by atoms with Crippen LogP contribution in [0.25, 0.3) is 0 Å². The summed E-state index contributed by atoms with van der Waals surface area (Å²) >= 11 is 0. The molecule has 34 heavy (non-hydrogen) atoms. The standard InChI is InChI=1S/C25H26N2O7/c1-4-32-25(31)21-15(2)22(26-16(21)3)19(28)14-34-24(30)18(13-17-9-6-5-7-10-17)27-23(29)20-11-8-12-33-20/h5-12,18,26H,4,13-14H2,1-3H3,(H,27,29)/t18-/m0/s1. The van der Waals surface area contributed by atoms with Crippen molar-refractivity contribution >= 4 is 23.6 Å². The van der Waals surface area contributed by atoms with Gasteiger partial charge in [-0.3, -0.25) is 9.59 Å². The minimum Gasteiger partial charge on any atom is -0.462 e. The largest absolute Gasteiger partial charge is 0.462 e. The lowest BCUT2D eigenvalue weighted by molar-refractivity contribution is -0.144. The van der Waals surface area contributed by atoms with Gasteiger partial charge in [-0.15, -0.1) is 0 Å². The number of carbonyl (C=O) groups excluding carboxylic acids is 4. The van der Waals surface area contributed by atoms with Crippen LogP contribution < -0.4 is 5.32 Å². The molecular formula is C25H26N2O7. The van der Waals surface area contributed by atoms with E-state index in [9.17, 15) is 19.2 Å². The molecule has 0 aliphatic carbocycles. The average molecular weight is 466 g/mol. The SMILES string of the molecule is CCOC(=O)c1c(C)[nH]c(C(=O)COC(=O)[C@H](Cc2ccccc2)NC(=O)c2ccco2)c1C. The van der Waals surface area contributed by atoms with Gasteiger partial charge in [0.2, 0.25) is 5.78 Å². The maximum absolute atomic E-state index is 12.8. The summed E-state index contributed by atoms with van der Waals surface area (Å²) in [6.45, 7) is 4.60. The van der Waals surface area contributed by atoms with Gasteiger partial charge in [0.05, 0.1) is 24.1 Å². The fourth-order valence-corrected chi connectivity index (χ4v) is 3.53. The zero-order valence-electron chi connectivity index (χ0n) is 19.2. The van der Waals surface area contributed by atoms with Crippen molar-refractivity contribution in [2.24, 2.45) is 0 Å². The van der Waals surface area contributed by atoms with Gasteiger partial charge in [-0.1, -0.05) is 30.3 Å². The molecule has 2 N–H and O–H groups in total. The molecule has 0 saturated heterocycles. The van der Waals surface area contributed by atoms with Crippen LogP contribution in [0.3, 0.4) is 0 Å². The Labute approximate surface area is 196 Å². The van der Waals surface area contributed by atoms with Gasteiger partial charge in [-0.25, -0.2) is 9.59 Å². The Morgan fingerprint density at radius 3 is 2.41 bits per heavy atom. The number of ether oxygens (including phenoxy) is 2. The third-order valence-electron chi connectivity index (χ3n) is 5.16. The van der Waals surface area contributed by atoms with Gasteiger partial charge in [0.15, 0.2) is 12.4 Å². The van der Waals surface area contributed by atoms with Crippen LogP contribution in [0.4, 0.5) is 0 Å². The van der Waals surface area contributed by atoms with E-state index >= 15 is 0 Å². The summed E-state index contributed by atoms with van der Waals surface area (Å²) in [5.74, 6) is -2.35. The van der Waals surface area contributed by atoms with E-state index in [1.165, 1.54) is 12.3 Å².